The molecule has 0 radical (unpaired) electrons. The van der Waals surface area contributed by atoms with Gasteiger partial charge in [0, 0.05) is 18.5 Å². The standard InChI is InChI=1S/C19H24N2O3S/c1-13(2)18(17-5-4-10-25-17)20-19(22)21(3)12-14-6-7-15-16(11-14)24-9-8-23-15/h4-7,10-11,13,18H,8-9,12H2,1-3H3,(H,20,22). The first kappa shape index (κ1) is 17.6. The van der Waals surface area contributed by atoms with Gasteiger partial charge in [0.2, 0.25) is 0 Å². The van der Waals surface area contributed by atoms with E-state index in [0.29, 0.717) is 25.7 Å². The quantitative estimate of drug-likeness (QED) is 0.875. The van der Waals surface area contributed by atoms with Crippen molar-refractivity contribution in [3.05, 3.63) is 46.2 Å². The molecule has 0 fully saturated rings. The first-order valence-electron chi connectivity index (χ1n) is 8.48. The second kappa shape index (κ2) is 7.78. The van der Waals surface area contributed by atoms with Crippen LogP contribution in [0.2, 0.25) is 0 Å². The Bertz CT molecular complexity index is 715. The molecule has 0 saturated heterocycles. The van der Waals surface area contributed by atoms with Gasteiger partial charge in [-0.15, -0.1) is 11.3 Å². The fourth-order valence-corrected chi connectivity index (χ4v) is 3.76. The van der Waals surface area contributed by atoms with Crippen LogP contribution in [0.5, 0.6) is 11.5 Å². The molecule has 2 heterocycles. The molecule has 0 spiro atoms. The summed E-state index contributed by atoms with van der Waals surface area (Å²) in [6.07, 6.45) is 0. The predicted molar refractivity (Wildman–Crippen MR) is 99.3 cm³/mol. The molecule has 1 aromatic heterocycles. The van der Waals surface area contributed by atoms with Crippen molar-refractivity contribution in [3.8, 4) is 11.5 Å². The molecule has 1 aliphatic rings. The number of carbonyl (C=O) groups excluding carboxylic acids is 1. The van der Waals surface area contributed by atoms with Gasteiger partial charge in [-0.25, -0.2) is 4.79 Å². The Hall–Kier alpha value is -2.21. The molecule has 1 unspecified atom stereocenters. The average molecular weight is 360 g/mol. The number of nitrogens with one attached hydrogen (secondary N) is 1. The van der Waals surface area contributed by atoms with Crippen molar-refractivity contribution in [1.29, 1.82) is 0 Å². The Labute approximate surface area is 152 Å². The summed E-state index contributed by atoms with van der Waals surface area (Å²) in [6.45, 7) is 5.88. The third-order valence-corrected chi connectivity index (χ3v) is 5.12. The minimum absolute atomic E-state index is 0.0233. The molecule has 1 aromatic carbocycles. The summed E-state index contributed by atoms with van der Waals surface area (Å²) in [7, 11) is 1.80. The number of hydrogen-bond donors (Lipinski definition) is 1. The zero-order chi connectivity index (χ0) is 17.8. The molecule has 0 aliphatic carbocycles. The largest absolute Gasteiger partial charge is 0.486 e. The van der Waals surface area contributed by atoms with E-state index < -0.39 is 0 Å². The van der Waals surface area contributed by atoms with Gasteiger partial charge in [-0.2, -0.15) is 0 Å². The number of fused-ring (bicyclic) bond motifs is 1. The minimum atomic E-state index is -0.0815. The molecule has 1 atom stereocenters. The average Bonchev–Trinajstić information content (AvgIpc) is 3.13. The van der Waals surface area contributed by atoms with Crippen LogP contribution in [0.3, 0.4) is 0 Å². The Morgan fingerprint density at radius 1 is 1.24 bits per heavy atom. The smallest absolute Gasteiger partial charge is 0.317 e. The Morgan fingerprint density at radius 2 is 2.00 bits per heavy atom. The topological polar surface area (TPSA) is 50.8 Å². The second-order valence-corrected chi connectivity index (χ2v) is 7.50. The molecule has 134 valence electrons. The number of amides is 2. The summed E-state index contributed by atoms with van der Waals surface area (Å²) in [5.41, 5.74) is 1.01. The summed E-state index contributed by atoms with van der Waals surface area (Å²) < 4.78 is 11.1. The Kier molecular flexibility index (Phi) is 5.48. The van der Waals surface area contributed by atoms with E-state index in [0.717, 1.165) is 17.1 Å². The van der Waals surface area contributed by atoms with Crippen LogP contribution in [-0.4, -0.2) is 31.2 Å². The number of benzene rings is 1. The predicted octanol–water partition coefficient (Wildman–Crippen LogP) is 4.06. The maximum absolute atomic E-state index is 12.6. The molecule has 5 nitrogen and oxygen atoms in total. The third-order valence-electron chi connectivity index (χ3n) is 4.17. The van der Waals surface area contributed by atoms with Gasteiger partial charge < -0.3 is 19.7 Å². The Morgan fingerprint density at radius 3 is 2.68 bits per heavy atom. The van der Waals surface area contributed by atoms with Crippen LogP contribution < -0.4 is 14.8 Å². The monoisotopic (exact) mass is 360 g/mol. The van der Waals surface area contributed by atoms with Gasteiger partial charge >= 0.3 is 6.03 Å². The first-order valence-corrected chi connectivity index (χ1v) is 9.36. The molecule has 1 N–H and O–H groups in total. The lowest BCUT2D eigenvalue weighted by molar-refractivity contribution is 0.171. The first-order chi connectivity index (χ1) is 12.0. The van der Waals surface area contributed by atoms with Gasteiger partial charge in [0.05, 0.1) is 6.04 Å². The maximum atomic E-state index is 12.6. The van der Waals surface area contributed by atoms with E-state index in [1.54, 1.807) is 23.3 Å². The van der Waals surface area contributed by atoms with Crippen LogP contribution in [0.15, 0.2) is 35.7 Å². The van der Waals surface area contributed by atoms with Crippen molar-refractivity contribution in [2.45, 2.75) is 26.4 Å². The highest BCUT2D eigenvalue weighted by atomic mass is 32.1. The Balaban J connectivity index is 1.64. The molecule has 2 amide bonds. The number of thiophene rings is 1. The fourth-order valence-electron chi connectivity index (χ4n) is 2.81. The van der Waals surface area contributed by atoms with Gasteiger partial charge in [0.1, 0.15) is 13.2 Å². The summed E-state index contributed by atoms with van der Waals surface area (Å²) in [5.74, 6) is 1.83. The number of hydrogen-bond acceptors (Lipinski definition) is 4. The maximum Gasteiger partial charge on any atom is 0.317 e. The van der Waals surface area contributed by atoms with Gasteiger partial charge in [-0.1, -0.05) is 26.0 Å². The van der Waals surface area contributed by atoms with Crippen LogP contribution in [0.1, 0.15) is 30.3 Å². The summed E-state index contributed by atoms with van der Waals surface area (Å²) in [5, 5.41) is 5.18. The molecule has 1 aliphatic heterocycles. The van der Waals surface area contributed by atoms with E-state index >= 15 is 0 Å². The molecule has 2 aromatic rings. The number of ether oxygens (including phenoxy) is 2. The van der Waals surface area contributed by atoms with Crippen LogP contribution in [-0.2, 0) is 6.54 Å². The van der Waals surface area contributed by atoms with Crippen molar-refractivity contribution in [2.75, 3.05) is 20.3 Å². The summed E-state index contributed by atoms with van der Waals surface area (Å²) in [6, 6.07) is 9.83. The lowest BCUT2D eigenvalue weighted by Crippen LogP contribution is -2.40. The van der Waals surface area contributed by atoms with E-state index in [1.807, 2.05) is 29.6 Å². The number of urea groups is 1. The molecular weight excluding hydrogens is 336 g/mol. The van der Waals surface area contributed by atoms with Crippen molar-refractivity contribution in [1.82, 2.24) is 10.2 Å². The zero-order valence-corrected chi connectivity index (χ0v) is 15.6. The van der Waals surface area contributed by atoms with Crippen LogP contribution >= 0.6 is 11.3 Å². The van der Waals surface area contributed by atoms with E-state index in [1.165, 1.54) is 4.88 Å². The lowest BCUT2D eigenvalue weighted by Gasteiger charge is -2.26. The number of rotatable bonds is 5. The minimum Gasteiger partial charge on any atom is -0.486 e. The van der Waals surface area contributed by atoms with Crippen molar-refractivity contribution in [3.63, 3.8) is 0 Å². The fraction of sp³-hybridized carbons (Fsp3) is 0.421. The van der Waals surface area contributed by atoms with Crippen LogP contribution in [0.4, 0.5) is 4.79 Å². The SMILES string of the molecule is CC(C)C(NC(=O)N(C)Cc1ccc2c(c1)OCCO2)c1cccs1. The molecule has 0 saturated carbocycles. The van der Waals surface area contributed by atoms with Gasteiger partial charge in [0.15, 0.2) is 11.5 Å². The highest BCUT2D eigenvalue weighted by Crippen LogP contribution is 2.31. The van der Waals surface area contributed by atoms with Crippen LogP contribution in [0, 0.1) is 5.92 Å². The van der Waals surface area contributed by atoms with E-state index in [9.17, 15) is 4.79 Å². The molecule has 25 heavy (non-hydrogen) atoms. The van der Waals surface area contributed by atoms with Crippen molar-refractivity contribution >= 4 is 17.4 Å². The lowest BCUT2D eigenvalue weighted by atomic mass is 10.0. The van der Waals surface area contributed by atoms with Gasteiger partial charge in [-0.05, 0) is 35.1 Å². The zero-order valence-electron chi connectivity index (χ0n) is 14.8. The molecule has 6 heteroatoms. The summed E-state index contributed by atoms with van der Waals surface area (Å²) in [4.78, 5) is 15.5. The van der Waals surface area contributed by atoms with Crippen molar-refractivity contribution in [2.24, 2.45) is 5.92 Å². The normalized spacial score (nSPS) is 14.2. The number of carbonyl (C=O) groups is 1. The van der Waals surface area contributed by atoms with Crippen molar-refractivity contribution < 1.29 is 14.3 Å². The highest BCUT2D eigenvalue weighted by molar-refractivity contribution is 7.10. The summed E-state index contributed by atoms with van der Waals surface area (Å²) >= 11 is 1.67. The van der Waals surface area contributed by atoms with E-state index in [4.69, 9.17) is 9.47 Å². The van der Waals surface area contributed by atoms with E-state index in [-0.39, 0.29) is 12.1 Å². The van der Waals surface area contributed by atoms with E-state index in [2.05, 4.69) is 25.2 Å². The molecular formula is C19H24N2O3S. The molecule has 0 bridgehead atoms. The third kappa shape index (κ3) is 4.25. The van der Waals surface area contributed by atoms with Gasteiger partial charge in [-0.3, -0.25) is 0 Å². The second-order valence-electron chi connectivity index (χ2n) is 6.52. The van der Waals surface area contributed by atoms with Crippen LogP contribution in [0.25, 0.3) is 0 Å². The molecule has 3 rings (SSSR count). The highest BCUT2D eigenvalue weighted by Gasteiger charge is 2.21. The number of nitrogens with zero attached hydrogens (tertiary/aromatic N) is 1. The van der Waals surface area contributed by atoms with Gasteiger partial charge in [0.25, 0.3) is 0 Å².